The highest BCUT2D eigenvalue weighted by Gasteiger charge is 2.23. The van der Waals surface area contributed by atoms with Gasteiger partial charge >= 0.3 is 0 Å². The van der Waals surface area contributed by atoms with Crippen LogP contribution < -0.4 is 10.1 Å². The van der Waals surface area contributed by atoms with Gasteiger partial charge in [-0.3, -0.25) is 9.69 Å². The molecule has 2 aromatic rings. The molecule has 1 N–H and O–H groups in total. The molecule has 1 aliphatic heterocycles. The molecular weight excluding hydrogens is 347 g/mol. The fourth-order valence-electron chi connectivity index (χ4n) is 3.27. The van der Waals surface area contributed by atoms with Crippen molar-refractivity contribution in [1.82, 2.24) is 10.2 Å². The zero-order chi connectivity index (χ0) is 19.1. The zero-order valence-electron chi connectivity index (χ0n) is 15.5. The average molecular weight is 372 g/mol. The third-order valence-corrected chi connectivity index (χ3v) is 4.73. The Labute approximate surface area is 159 Å². The molecule has 27 heavy (non-hydrogen) atoms. The molecular formula is C21H25FN2O3. The van der Waals surface area contributed by atoms with E-state index in [4.69, 9.17) is 9.47 Å². The van der Waals surface area contributed by atoms with Gasteiger partial charge in [0, 0.05) is 19.6 Å². The van der Waals surface area contributed by atoms with E-state index >= 15 is 0 Å². The standard InChI is InChI=1S/C21H25FN2O3/c1-26-19-4-2-3-16(13-19)14-21(25)23-15-20(24-9-11-27-12-10-24)17-5-7-18(22)8-6-17/h2-8,13,20H,9-12,14-15H2,1H3,(H,23,25). The van der Waals surface area contributed by atoms with Crippen molar-refractivity contribution in [3.8, 4) is 5.75 Å². The fourth-order valence-corrected chi connectivity index (χ4v) is 3.27. The SMILES string of the molecule is COc1cccc(CC(=O)NCC(c2ccc(F)cc2)N2CCOCC2)c1. The van der Waals surface area contributed by atoms with Crippen molar-refractivity contribution in [1.29, 1.82) is 0 Å². The van der Waals surface area contributed by atoms with Crippen molar-refractivity contribution >= 4 is 5.91 Å². The smallest absolute Gasteiger partial charge is 0.224 e. The summed E-state index contributed by atoms with van der Waals surface area (Å²) >= 11 is 0. The molecule has 0 aliphatic carbocycles. The highest BCUT2D eigenvalue weighted by molar-refractivity contribution is 5.78. The molecule has 1 unspecified atom stereocenters. The van der Waals surface area contributed by atoms with Crippen LogP contribution in [0.4, 0.5) is 4.39 Å². The molecule has 144 valence electrons. The molecule has 0 spiro atoms. The maximum absolute atomic E-state index is 13.3. The summed E-state index contributed by atoms with van der Waals surface area (Å²) in [6.45, 7) is 3.36. The minimum atomic E-state index is -0.262. The summed E-state index contributed by atoms with van der Waals surface area (Å²) in [6.07, 6.45) is 0.288. The van der Waals surface area contributed by atoms with Crippen LogP contribution >= 0.6 is 0 Å². The molecule has 0 saturated carbocycles. The summed E-state index contributed by atoms with van der Waals surface area (Å²) in [7, 11) is 1.61. The lowest BCUT2D eigenvalue weighted by Crippen LogP contribution is -2.44. The van der Waals surface area contributed by atoms with Crippen LogP contribution in [0.1, 0.15) is 17.2 Å². The van der Waals surface area contributed by atoms with Crippen molar-refractivity contribution in [2.45, 2.75) is 12.5 Å². The third kappa shape index (κ3) is 5.52. The molecule has 1 atom stereocenters. The molecule has 5 nitrogen and oxygen atoms in total. The van der Waals surface area contributed by atoms with Crippen molar-refractivity contribution < 1.29 is 18.7 Å². The Hall–Kier alpha value is -2.44. The normalized spacial score (nSPS) is 15.9. The van der Waals surface area contributed by atoms with E-state index in [1.165, 1.54) is 12.1 Å². The van der Waals surface area contributed by atoms with Gasteiger partial charge in [0.25, 0.3) is 0 Å². The van der Waals surface area contributed by atoms with Crippen molar-refractivity contribution in [3.05, 3.63) is 65.5 Å². The van der Waals surface area contributed by atoms with Gasteiger partial charge in [0.15, 0.2) is 0 Å². The molecule has 1 fully saturated rings. The molecule has 0 radical (unpaired) electrons. The van der Waals surface area contributed by atoms with Crippen LogP contribution in [0.5, 0.6) is 5.75 Å². The Kier molecular flexibility index (Phi) is 6.79. The van der Waals surface area contributed by atoms with Gasteiger partial charge in [0.05, 0.1) is 32.8 Å². The Morgan fingerprint density at radius 2 is 1.96 bits per heavy atom. The van der Waals surface area contributed by atoms with Gasteiger partial charge < -0.3 is 14.8 Å². The number of methoxy groups -OCH3 is 1. The van der Waals surface area contributed by atoms with E-state index in [1.807, 2.05) is 24.3 Å². The second-order valence-electron chi connectivity index (χ2n) is 6.55. The van der Waals surface area contributed by atoms with E-state index < -0.39 is 0 Å². The second-order valence-corrected chi connectivity index (χ2v) is 6.55. The van der Waals surface area contributed by atoms with E-state index in [-0.39, 0.29) is 24.2 Å². The zero-order valence-corrected chi connectivity index (χ0v) is 15.5. The number of nitrogens with one attached hydrogen (secondary N) is 1. The van der Waals surface area contributed by atoms with E-state index in [1.54, 1.807) is 19.2 Å². The quantitative estimate of drug-likeness (QED) is 0.812. The summed E-state index contributed by atoms with van der Waals surface area (Å²) < 4.78 is 23.9. The van der Waals surface area contributed by atoms with Crippen LogP contribution in [0.2, 0.25) is 0 Å². The first-order valence-corrected chi connectivity index (χ1v) is 9.12. The molecule has 6 heteroatoms. The number of rotatable bonds is 7. The highest BCUT2D eigenvalue weighted by atomic mass is 19.1. The predicted molar refractivity (Wildman–Crippen MR) is 101 cm³/mol. The summed E-state index contributed by atoms with van der Waals surface area (Å²) in [6, 6.07) is 14.0. The van der Waals surface area contributed by atoms with Crippen molar-refractivity contribution in [3.63, 3.8) is 0 Å². The van der Waals surface area contributed by atoms with E-state index in [2.05, 4.69) is 10.2 Å². The number of benzene rings is 2. The monoisotopic (exact) mass is 372 g/mol. The van der Waals surface area contributed by atoms with E-state index in [9.17, 15) is 9.18 Å². The minimum absolute atomic E-state index is 0.0104. The van der Waals surface area contributed by atoms with Crippen LogP contribution in [0.3, 0.4) is 0 Å². The number of nitrogens with zero attached hydrogens (tertiary/aromatic N) is 1. The number of ether oxygens (including phenoxy) is 2. The summed E-state index contributed by atoms with van der Waals surface area (Å²) in [5.74, 6) is 0.419. The van der Waals surface area contributed by atoms with Crippen LogP contribution in [0.15, 0.2) is 48.5 Å². The maximum Gasteiger partial charge on any atom is 0.224 e. The van der Waals surface area contributed by atoms with Crippen LogP contribution in [0.25, 0.3) is 0 Å². The number of hydrogen-bond acceptors (Lipinski definition) is 4. The Morgan fingerprint density at radius 1 is 1.22 bits per heavy atom. The Morgan fingerprint density at radius 3 is 2.67 bits per heavy atom. The van der Waals surface area contributed by atoms with E-state index in [0.717, 1.165) is 30.0 Å². The molecule has 1 saturated heterocycles. The Balaban J connectivity index is 1.64. The molecule has 3 rings (SSSR count). The first kappa shape index (κ1) is 19.3. The number of amides is 1. The van der Waals surface area contributed by atoms with Crippen LogP contribution in [-0.4, -0.2) is 50.8 Å². The number of carbonyl (C=O) groups is 1. The first-order chi connectivity index (χ1) is 13.2. The third-order valence-electron chi connectivity index (χ3n) is 4.73. The lowest BCUT2D eigenvalue weighted by atomic mass is 10.0. The van der Waals surface area contributed by atoms with Gasteiger partial charge in [-0.05, 0) is 35.4 Å². The average Bonchev–Trinajstić information content (AvgIpc) is 2.70. The fraction of sp³-hybridized carbons (Fsp3) is 0.381. The maximum atomic E-state index is 13.3. The highest BCUT2D eigenvalue weighted by Crippen LogP contribution is 2.22. The largest absolute Gasteiger partial charge is 0.497 e. The molecule has 1 aliphatic rings. The van der Waals surface area contributed by atoms with Crippen molar-refractivity contribution in [2.24, 2.45) is 0 Å². The number of halogens is 1. The lowest BCUT2D eigenvalue weighted by Gasteiger charge is -2.35. The summed E-state index contributed by atoms with van der Waals surface area (Å²) in [5.41, 5.74) is 1.89. The van der Waals surface area contributed by atoms with Gasteiger partial charge in [-0.15, -0.1) is 0 Å². The van der Waals surface area contributed by atoms with Gasteiger partial charge in [-0.25, -0.2) is 4.39 Å². The number of carbonyl (C=O) groups excluding carboxylic acids is 1. The van der Waals surface area contributed by atoms with Gasteiger partial charge in [0.1, 0.15) is 11.6 Å². The topological polar surface area (TPSA) is 50.8 Å². The van der Waals surface area contributed by atoms with Gasteiger partial charge in [0.2, 0.25) is 5.91 Å². The number of hydrogen-bond donors (Lipinski definition) is 1. The van der Waals surface area contributed by atoms with E-state index in [0.29, 0.717) is 19.8 Å². The lowest BCUT2D eigenvalue weighted by molar-refractivity contribution is -0.120. The van der Waals surface area contributed by atoms with Crippen LogP contribution in [-0.2, 0) is 16.0 Å². The summed E-state index contributed by atoms with van der Waals surface area (Å²) in [5, 5.41) is 3.02. The molecule has 2 aromatic carbocycles. The molecule has 0 aromatic heterocycles. The van der Waals surface area contributed by atoms with Crippen LogP contribution in [0, 0.1) is 5.82 Å². The van der Waals surface area contributed by atoms with Gasteiger partial charge in [-0.1, -0.05) is 24.3 Å². The molecule has 1 amide bonds. The summed E-state index contributed by atoms with van der Waals surface area (Å²) in [4.78, 5) is 14.7. The Bertz CT molecular complexity index is 745. The minimum Gasteiger partial charge on any atom is -0.497 e. The molecule has 0 bridgehead atoms. The predicted octanol–water partition coefficient (Wildman–Crippen LogP) is 2.57. The number of morpholine rings is 1. The molecule has 1 heterocycles. The first-order valence-electron chi connectivity index (χ1n) is 9.12. The van der Waals surface area contributed by atoms with Gasteiger partial charge in [-0.2, -0.15) is 0 Å². The second kappa shape index (κ2) is 9.48. The van der Waals surface area contributed by atoms with Crippen molar-refractivity contribution in [2.75, 3.05) is 40.0 Å².